The number of aromatic nitrogens is 1. The molecule has 0 aliphatic carbocycles. The number of nitrogens with zero attached hydrogens (tertiary/aromatic N) is 2. The standard InChI is InChI=1S/C13H19FN2O/c1-9(2)7-10(3)16(4)13(17)11-5-6-15-8-12(11)14/h5-6,8-10H,7H2,1-4H3. The molecule has 0 saturated heterocycles. The van der Waals surface area contributed by atoms with Gasteiger partial charge in [-0.2, -0.15) is 0 Å². The van der Waals surface area contributed by atoms with Crippen molar-refractivity contribution in [3.05, 3.63) is 29.8 Å². The molecule has 1 amide bonds. The van der Waals surface area contributed by atoms with Gasteiger partial charge in [0.25, 0.3) is 5.91 Å². The highest BCUT2D eigenvalue weighted by Crippen LogP contribution is 2.14. The quantitative estimate of drug-likeness (QED) is 0.808. The SMILES string of the molecule is CC(C)CC(C)N(C)C(=O)c1ccncc1F. The van der Waals surface area contributed by atoms with E-state index in [-0.39, 0.29) is 17.5 Å². The number of pyridine rings is 1. The molecule has 0 spiro atoms. The van der Waals surface area contributed by atoms with Crippen molar-refractivity contribution in [3.63, 3.8) is 0 Å². The molecular formula is C13H19FN2O. The lowest BCUT2D eigenvalue weighted by Gasteiger charge is -2.26. The Morgan fingerprint density at radius 1 is 1.47 bits per heavy atom. The van der Waals surface area contributed by atoms with Crippen molar-refractivity contribution in [1.29, 1.82) is 0 Å². The van der Waals surface area contributed by atoms with Crippen LogP contribution in [0.5, 0.6) is 0 Å². The van der Waals surface area contributed by atoms with Gasteiger partial charge in [-0.3, -0.25) is 9.78 Å². The van der Waals surface area contributed by atoms with Crippen LogP contribution in [-0.4, -0.2) is 28.9 Å². The lowest BCUT2D eigenvalue weighted by Crippen LogP contribution is -2.36. The number of amides is 1. The molecule has 0 aliphatic rings. The number of hydrogen-bond acceptors (Lipinski definition) is 2. The van der Waals surface area contributed by atoms with Crippen LogP contribution in [0.4, 0.5) is 4.39 Å². The van der Waals surface area contributed by atoms with Crippen LogP contribution in [0, 0.1) is 11.7 Å². The van der Waals surface area contributed by atoms with E-state index in [1.165, 1.54) is 12.3 Å². The lowest BCUT2D eigenvalue weighted by molar-refractivity contribution is 0.0723. The predicted molar refractivity (Wildman–Crippen MR) is 65.2 cm³/mol. The average molecular weight is 238 g/mol. The molecule has 1 rings (SSSR count). The second-order valence-corrected chi connectivity index (χ2v) is 4.75. The van der Waals surface area contributed by atoms with E-state index < -0.39 is 5.82 Å². The second-order valence-electron chi connectivity index (χ2n) is 4.75. The highest BCUT2D eigenvalue weighted by molar-refractivity contribution is 5.94. The van der Waals surface area contributed by atoms with Crippen molar-refractivity contribution in [2.75, 3.05) is 7.05 Å². The van der Waals surface area contributed by atoms with Crippen molar-refractivity contribution in [1.82, 2.24) is 9.88 Å². The van der Waals surface area contributed by atoms with Gasteiger partial charge in [-0.15, -0.1) is 0 Å². The molecule has 1 aromatic heterocycles. The number of carbonyl (C=O) groups is 1. The molecule has 1 unspecified atom stereocenters. The van der Waals surface area contributed by atoms with Gasteiger partial charge >= 0.3 is 0 Å². The van der Waals surface area contributed by atoms with Crippen LogP contribution in [0.15, 0.2) is 18.5 Å². The van der Waals surface area contributed by atoms with E-state index >= 15 is 0 Å². The third-order valence-corrected chi connectivity index (χ3v) is 2.80. The topological polar surface area (TPSA) is 33.2 Å². The molecule has 94 valence electrons. The molecule has 0 fully saturated rings. The Labute approximate surface area is 102 Å². The molecule has 0 aliphatic heterocycles. The first-order valence-corrected chi connectivity index (χ1v) is 5.80. The molecule has 0 N–H and O–H groups in total. The van der Waals surface area contributed by atoms with E-state index in [0.717, 1.165) is 12.6 Å². The number of hydrogen-bond donors (Lipinski definition) is 0. The fraction of sp³-hybridized carbons (Fsp3) is 0.538. The van der Waals surface area contributed by atoms with Crippen molar-refractivity contribution in [2.45, 2.75) is 33.2 Å². The summed E-state index contributed by atoms with van der Waals surface area (Å²) in [6, 6.07) is 1.51. The van der Waals surface area contributed by atoms with Crippen molar-refractivity contribution in [3.8, 4) is 0 Å². The van der Waals surface area contributed by atoms with Gasteiger partial charge < -0.3 is 4.90 Å². The molecular weight excluding hydrogens is 219 g/mol. The monoisotopic (exact) mass is 238 g/mol. The third-order valence-electron chi connectivity index (χ3n) is 2.80. The fourth-order valence-electron chi connectivity index (χ4n) is 1.78. The molecule has 3 nitrogen and oxygen atoms in total. The van der Waals surface area contributed by atoms with Gasteiger partial charge in [0.1, 0.15) is 0 Å². The van der Waals surface area contributed by atoms with Crippen LogP contribution in [0.1, 0.15) is 37.6 Å². The minimum Gasteiger partial charge on any atom is -0.339 e. The maximum atomic E-state index is 13.4. The Bertz CT molecular complexity index is 393. The van der Waals surface area contributed by atoms with Gasteiger partial charge in [0.2, 0.25) is 0 Å². The summed E-state index contributed by atoms with van der Waals surface area (Å²) >= 11 is 0. The van der Waals surface area contributed by atoms with Gasteiger partial charge in [-0.05, 0) is 25.3 Å². The summed E-state index contributed by atoms with van der Waals surface area (Å²) in [5.74, 6) is -0.360. The Balaban J connectivity index is 2.80. The molecule has 1 heterocycles. The summed E-state index contributed by atoms with van der Waals surface area (Å²) in [7, 11) is 1.70. The van der Waals surface area contributed by atoms with Crippen molar-refractivity contribution in [2.24, 2.45) is 5.92 Å². The summed E-state index contributed by atoms with van der Waals surface area (Å²) in [5, 5.41) is 0. The first-order chi connectivity index (χ1) is 7.93. The summed E-state index contributed by atoms with van der Waals surface area (Å²) in [5.41, 5.74) is 0.0816. The molecule has 4 heteroatoms. The number of carbonyl (C=O) groups excluding carboxylic acids is 1. The Kier molecular flexibility index (Phi) is 4.61. The van der Waals surface area contributed by atoms with Crippen LogP contribution >= 0.6 is 0 Å². The third kappa shape index (κ3) is 3.51. The molecule has 1 aromatic rings. The molecule has 17 heavy (non-hydrogen) atoms. The van der Waals surface area contributed by atoms with Gasteiger partial charge in [-0.1, -0.05) is 13.8 Å². The molecule has 0 bridgehead atoms. The first-order valence-electron chi connectivity index (χ1n) is 5.80. The first kappa shape index (κ1) is 13.6. The van der Waals surface area contributed by atoms with Crippen LogP contribution in [0.2, 0.25) is 0 Å². The minimum absolute atomic E-state index is 0.0816. The van der Waals surface area contributed by atoms with Crippen LogP contribution in [0.3, 0.4) is 0 Å². The van der Waals surface area contributed by atoms with Gasteiger partial charge in [0, 0.05) is 19.3 Å². The molecule has 0 radical (unpaired) electrons. The van der Waals surface area contributed by atoms with E-state index in [9.17, 15) is 9.18 Å². The number of halogens is 1. The molecule has 1 atom stereocenters. The van der Waals surface area contributed by atoms with E-state index in [1.807, 2.05) is 6.92 Å². The Hall–Kier alpha value is -1.45. The zero-order valence-corrected chi connectivity index (χ0v) is 10.8. The lowest BCUT2D eigenvalue weighted by atomic mass is 10.0. The minimum atomic E-state index is -0.568. The van der Waals surface area contributed by atoms with E-state index in [0.29, 0.717) is 5.92 Å². The molecule has 0 saturated carbocycles. The zero-order chi connectivity index (χ0) is 13.0. The highest BCUT2D eigenvalue weighted by Gasteiger charge is 2.20. The van der Waals surface area contributed by atoms with Crippen LogP contribution < -0.4 is 0 Å². The largest absolute Gasteiger partial charge is 0.339 e. The maximum absolute atomic E-state index is 13.4. The van der Waals surface area contributed by atoms with Gasteiger partial charge in [-0.25, -0.2) is 4.39 Å². The fourth-order valence-corrected chi connectivity index (χ4v) is 1.78. The maximum Gasteiger partial charge on any atom is 0.256 e. The average Bonchev–Trinajstić information content (AvgIpc) is 2.27. The second kappa shape index (κ2) is 5.75. The smallest absolute Gasteiger partial charge is 0.256 e. The predicted octanol–water partition coefficient (Wildman–Crippen LogP) is 2.73. The Morgan fingerprint density at radius 2 is 2.12 bits per heavy atom. The van der Waals surface area contributed by atoms with Crippen molar-refractivity contribution < 1.29 is 9.18 Å². The van der Waals surface area contributed by atoms with E-state index in [1.54, 1.807) is 11.9 Å². The Morgan fingerprint density at radius 3 is 2.65 bits per heavy atom. The summed E-state index contributed by atoms with van der Waals surface area (Å²) in [4.78, 5) is 17.3. The molecule has 0 aromatic carbocycles. The van der Waals surface area contributed by atoms with E-state index in [2.05, 4.69) is 18.8 Å². The summed E-state index contributed by atoms with van der Waals surface area (Å²) < 4.78 is 13.4. The van der Waals surface area contributed by atoms with Gasteiger partial charge in [0.05, 0.1) is 11.8 Å². The van der Waals surface area contributed by atoms with Crippen LogP contribution in [0.25, 0.3) is 0 Å². The summed E-state index contributed by atoms with van der Waals surface area (Å²) in [6.07, 6.45) is 3.39. The van der Waals surface area contributed by atoms with E-state index in [4.69, 9.17) is 0 Å². The van der Waals surface area contributed by atoms with Gasteiger partial charge in [0.15, 0.2) is 5.82 Å². The zero-order valence-electron chi connectivity index (χ0n) is 10.8. The highest BCUT2D eigenvalue weighted by atomic mass is 19.1. The normalized spacial score (nSPS) is 12.6. The summed E-state index contributed by atoms with van der Waals surface area (Å²) in [6.45, 7) is 6.17. The number of rotatable bonds is 4. The van der Waals surface area contributed by atoms with Crippen LogP contribution in [-0.2, 0) is 0 Å². The van der Waals surface area contributed by atoms with Crippen molar-refractivity contribution >= 4 is 5.91 Å².